The van der Waals surface area contributed by atoms with Gasteiger partial charge in [-0.15, -0.1) is 11.3 Å². The van der Waals surface area contributed by atoms with Gasteiger partial charge in [-0.2, -0.15) is 11.8 Å². The second-order valence-corrected chi connectivity index (χ2v) is 8.57. The highest BCUT2D eigenvalue weighted by atomic mass is 35.5. The molecule has 1 aromatic heterocycles. The molecular formula is C18H20Cl2N2O2S2. The van der Waals surface area contributed by atoms with Gasteiger partial charge < -0.3 is 10.2 Å². The summed E-state index contributed by atoms with van der Waals surface area (Å²) in [4.78, 5) is 28.1. The molecular weight excluding hydrogens is 411 g/mol. The summed E-state index contributed by atoms with van der Waals surface area (Å²) >= 11 is 15.2. The number of halogens is 2. The summed E-state index contributed by atoms with van der Waals surface area (Å²) in [6, 6.07) is 8.01. The first-order chi connectivity index (χ1) is 12.4. The minimum atomic E-state index is -0.605. The largest absolute Gasteiger partial charge is 0.340 e. The molecule has 1 unspecified atom stereocenters. The average Bonchev–Trinajstić information content (AvgIpc) is 3.10. The van der Waals surface area contributed by atoms with E-state index in [0.717, 1.165) is 10.6 Å². The second kappa shape index (κ2) is 10.2. The third kappa shape index (κ3) is 5.91. The number of amides is 2. The first-order valence-corrected chi connectivity index (χ1v) is 11.0. The van der Waals surface area contributed by atoms with Crippen LogP contribution in [-0.2, 0) is 11.3 Å². The number of rotatable bonds is 8. The zero-order chi connectivity index (χ0) is 19.1. The lowest BCUT2D eigenvalue weighted by atomic mass is 10.1. The van der Waals surface area contributed by atoms with Crippen molar-refractivity contribution in [1.29, 1.82) is 0 Å². The summed E-state index contributed by atoms with van der Waals surface area (Å²) in [7, 11) is 1.75. The summed E-state index contributed by atoms with van der Waals surface area (Å²) in [5, 5.41) is 5.51. The van der Waals surface area contributed by atoms with Crippen LogP contribution >= 0.6 is 46.3 Å². The average molecular weight is 431 g/mol. The molecule has 1 N–H and O–H groups in total. The van der Waals surface area contributed by atoms with Crippen LogP contribution in [0.4, 0.5) is 0 Å². The van der Waals surface area contributed by atoms with Crippen LogP contribution in [0.25, 0.3) is 0 Å². The Morgan fingerprint density at radius 1 is 1.31 bits per heavy atom. The van der Waals surface area contributed by atoms with E-state index in [2.05, 4.69) is 5.32 Å². The lowest BCUT2D eigenvalue weighted by Gasteiger charge is -2.24. The Morgan fingerprint density at radius 3 is 2.69 bits per heavy atom. The van der Waals surface area contributed by atoms with Gasteiger partial charge in [-0.25, -0.2) is 0 Å². The summed E-state index contributed by atoms with van der Waals surface area (Å²) in [5.41, 5.74) is 0.305. The molecule has 2 aromatic rings. The van der Waals surface area contributed by atoms with Gasteiger partial charge in [-0.1, -0.05) is 29.3 Å². The summed E-state index contributed by atoms with van der Waals surface area (Å²) < 4.78 is 0. The zero-order valence-corrected chi connectivity index (χ0v) is 17.6. The van der Waals surface area contributed by atoms with Gasteiger partial charge >= 0.3 is 0 Å². The van der Waals surface area contributed by atoms with E-state index in [1.165, 1.54) is 6.07 Å². The fourth-order valence-electron chi connectivity index (χ4n) is 2.38. The standard InChI is InChI=1S/C18H20Cl2N2O2S2/c1-22(11-13-4-3-8-26-13)18(24)16(7-9-25-2)21-17(23)14-6-5-12(19)10-15(14)20/h3-6,8,10,16H,7,9,11H2,1-2H3,(H,21,23). The van der Waals surface area contributed by atoms with Crippen LogP contribution in [0.2, 0.25) is 10.0 Å². The molecule has 0 aliphatic heterocycles. The van der Waals surface area contributed by atoms with E-state index in [1.807, 2.05) is 23.8 Å². The molecule has 0 radical (unpaired) electrons. The molecule has 8 heteroatoms. The first kappa shape index (κ1) is 21.1. The summed E-state index contributed by atoms with van der Waals surface area (Å²) in [6.45, 7) is 0.518. The highest BCUT2D eigenvalue weighted by Gasteiger charge is 2.25. The molecule has 4 nitrogen and oxygen atoms in total. The normalized spacial score (nSPS) is 11.8. The van der Waals surface area contributed by atoms with Crippen LogP contribution in [0.5, 0.6) is 0 Å². The number of thiophene rings is 1. The molecule has 0 spiro atoms. The first-order valence-electron chi connectivity index (χ1n) is 7.94. The van der Waals surface area contributed by atoms with E-state index in [-0.39, 0.29) is 16.8 Å². The number of hydrogen-bond acceptors (Lipinski definition) is 4. The molecule has 1 atom stereocenters. The Hall–Kier alpha value is -1.21. The Morgan fingerprint density at radius 2 is 2.08 bits per heavy atom. The number of nitrogens with one attached hydrogen (secondary N) is 1. The molecule has 1 aromatic carbocycles. The SMILES string of the molecule is CSCCC(NC(=O)c1ccc(Cl)cc1Cl)C(=O)N(C)Cc1cccs1. The van der Waals surface area contributed by atoms with Crippen LogP contribution < -0.4 is 5.32 Å². The molecule has 0 bridgehead atoms. The van der Waals surface area contributed by atoms with Gasteiger partial charge in [0.2, 0.25) is 5.91 Å². The minimum Gasteiger partial charge on any atom is -0.340 e. The number of benzene rings is 1. The maximum absolute atomic E-state index is 12.8. The highest BCUT2D eigenvalue weighted by molar-refractivity contribution is 7.98. The molecule has 0 aliphatic carbocycles. The van der Waals surface area contributed by atoms with Gasteiger partial charge in [-0.05, 0) is 48.1 Å². The van der Waals surface area contributed by atoms with Crippen molar-refractivity contribution in [1.82, 2.24) is 10.2 Å². The number of likely N-dealkylation sites (N-methyl/N-ethyl adjacent to an activating group) is 1. The maximum atomic E-state index is 12.8. The number of thioether (sulfide) groups is 1. The molecule has 2 rings (SSSR count). The Labute approximate surface area is 171 Å². The number of carbonyl (C=O) groups excluding carboxylic acids is 2. The predicted octanol–water partition coefficient (Wildman–Crippen LogP) is 4.57. The zero-order valence-electron chi connectivity index (χ0n) is 14.5. The minimum absolute atomic E-state index is 0.120. The topological polar surface area (TPSA) is 49.4 Å². The van der Waals surface area contributed by atoms with Crippen molar-refractivity contribution in [3.05, 3.63) is 56.2 Å². The molecule has 2 amide bonds. The third-order valence-corrected chi connectivity index (χ3v) is 5.79. The van der Waals surface area contributed by atoms with E-state index in [1.54, 1.807) is 47.2 Å². The highest BCUT2D eigenvalue weighted by Crippen LogP contribution is 2.21. The van der Waals surface area contributed by atoms with Crippen LogP contribution in [0.1, 0.15) is 21.7 Å². The molecule has 140 valence electrons. The number of carbonyl (C=O) groups is 2. The van der Waals surface area contributed by atoms with E-state index in [9.17, 15) is 9.59 Å². The van der Waals surface area contributed by atoms with Crippen molar-refractivity contribution >= 4 is 58.1 Å². The lowest BCUT2D eigenvalue weighted by Crippen LogP contribution is -2.47. The van der Waals surface area contributed by atoms with Gasteiger partial charge in [-0.3, -0.25) is 9.59 Å². The third-order valence-electron chi connectivity index (χ3n) is 3.74. The predicted molar refractivity (Wildman–Crippen MR) is 112 cm³/mol. The van der Waals surface area contributed by atoms with Gasteiger partial charge in [0.05, 0.1) is 17.1 Å². The fraction of sp³-hybridized carbons (Fsp3) is 0.333. The molecule has 0 saturated heterocycles. The van der Waals surface area contributed by atoms with E-state index >= 15 is 0 Å². The molecule has 0 fully saturated rings. The Kier molecular flexibility index (Phi) is 8.28. The van der Waals surface area contributed by atoms with E-state index < -0.39 is 6.04 Å². The van der Waals surface area contributed by atoms with Gasteiger partial charge in [0, 0.05) is 16.9 Å². The van der Waals surface area contributed by atoms with Crippen LogP contribution in [0.3, 0.4) is 0 Å². The van der Waals surface area contributed by atoms with Crippen molar-refractivity contribution < 1.29 is 9.59 Å². The quantitative estimate of drug-likeness (QED) is 0.667. The number of nitrogens with zero attached hydrogens (tertiary/aromatic N) is 1. The lowest BCUT2D eigenvalue weighted by molar-refractivity contribution is -0.132. The van der Waals surface area contributed by atoms with Crippen LogP contribution in [-0.4, -0.2) is 41.8 Å². The number of hydrogen-bond donors (Lipinski definition) is 1. The summed E-state index contributed by atoms with van der Waals surface area (Å²) in [5.74, 6) is 0.263. The fourth-order valence-corrected chi connectivity index (χ4v) is 4.11. The van der Waals surface area contributed by atoms with Crippen LogP contribution in [0.15, 0.2) is 35.7 Å². The van der Waals surface area contributed by atoms with Gasteiger partial charge in [0.1, 0.15) is 6.04 Å². The van der Waals surface area contributed by atoms with Crippen molar-refractivity contribution in [2.45, 2.75) is 19.0 Å². The van der Waals surface area contributed by atoms with Gasteiger partial charge in [0.25, 0.3) is 5.91 Å². The van der Waals surface area contributed by atoms with Crippen molar-refractivity contribution in [2.24, 2.45) is 0 Å². The molecule has 1 heterocycles. The smallest absolute Gasteiger partial charge is 0.253 e. The Balaban J connectivity index is 2.09. The van der Waals surface area contributed by atoms with Crippen LogP contribution in [0, 0.1) is 0 Å². The van der Waals surface area contributed by atoms with E-state index in [4.69, 9.17) is 23.2 Å². The van der Waals surface area contributed by atoms with Gasteiger partial charge in [0.15, 0.2) is 0 Å². The van der Waals surface area contributed by atoms with Crippen molar-refractivity contribution in [3.8, 4) is 0 Å². The van der Waals surface area contributed by atoms with Crippen molar-refractivity contribution in [3.63, 3.8) is 0 Å². The van der Waals surface area contributed by atoms with Crippen molar-refractivity contribution in [2.75, 3.05) is 19.1 Å². The van der Waals surface area contributed by atoms with E-state index in [0.29, 0.717) is 23.6 Å². The Bertz CT molecular complexity index is 754. The molecule has 0 saturated carbocycles. The molecule has 0 aliphatic rings. The summed E-state index contributed by atoms with van der Waals surface area (Å²) in [6.07, 6.45) is 2.51. The molecule has 26 heavy (non-hydrogen) atoms. The maximum Gasteiger partial charge on any atom is 0.253 e. The monoisotopic (exact) mass is 430 g/mol. The second-order valence-electron chi connectivity index (χ2n) is 5.71.